The third kappa shape index (κ3) is 2.19. The second-order valence-electron chi connectivity index (χ2n) is 4.75. The standard InChI is InChI=1S/C12H18N2O/c1-12(2)9-15-11(14(12)3)8-10-4-6-13-7-5-10/h4-7,11H,8-9H2,1-3H3. The molecule has 0 bridgehead atoms. The zero-order chi connectivity index (χ0) is 10.9. The van der Waals surface area contributed by atoms with Gasteiger partial charge >= 0.3 is 0 Å². The summed E-state index contributed by atoms with van der Waals surface area (Å²) in [5, 5.41) is 0. The quantitative estimate of drug-likeness (QED) is 0.736. The van der Waals surface area contributed by atoms with Gasteiger partial charge in [0.15, 0.2) is 0 Å². The van der Waals surface area contributed by atoms with Gasteiger partial charge in [-0.15, -0.1) is 0 Å². The lowest BCUT2D eigenvalue weighted by atomic mass is 10.1. The average Bonchev–Trinajstić information content (AvgIpc) is 2.47. The summed E-state index contributed by atoms with van der Waals surface area (Å²) in [6, 6.07) is 4.09. The minimum Gasteiger partial charge on any atom is -0.361 e. The SMILES string of the molecule is CN1C(Cc2ccncc2)OCC1(C)C. The number of rotatable bonds is 2. The number of likely N-dealkylation sites (N-methyl/N-ethyl adjacent to an activating group) is 1. The van der Waals surface area contributed by atoms with Crippen LogP contribution in [0.15, 0.2) is 24.5 Å². The maximum atomic E-state index is 5.79. The molecule has 1 aromatic heterocycles. The number of aromatic nitrogens is 1. The van der Waals surface area contributed by atoms with E-state index >= 15 is 0 Å². The lowest BCUT2D eigenvalue weighted by molar-refractivity contribution is 0.0416. The molecular formula is C12H18N2O. The minimum absolute atomic E-state index is 0.150. The molecule has 0 spiro atoms. The molecule has 1 atom stereocenters. The fraction of sp³-hybridized carbons (Fsp3) is 0.583. The Bertz CT molecular complexity index is 324. The molecular weight excluding hydrogens is 188 g/mol. The van der Waals surface area contributed by atoms with Crippen LogP contribution in [-0.2, 0) is 11.2 Å². The summed E-state index contributed by atoms with van der Waals surface area (Å²) in [4.78, 5) is 6.31. The van der Waals surface area contributed by atoms with Crippen molar-refractivity contribution >= 4 is 0 Å². The Morgan fingerprint density at radius 1 is 1.47 bits per heavy atom. The molecule has 1 aliphatic rings. The van der Waals surface area contributed by atoms with E-state index in [2.05, 4.69) is 30.8 Å². The van der Waals surface area contributed by atoms with Crippen LogP contribution >= 0.6 is 0 Å². The van der Waals surface area contributed by atoms with Crippen molar-refractivity contribution in [2.24, 2.45) is 0 Å². The molecule has 1 aromatic rings. The highest BCUT2D eigenvalue weighted by molar-refractivity contribution is 5.11. The molecule has 15 heavy (non-hydrogen) atoms. The van der Waals surface area contributed by atoms with Crippen LogP contribution in [0.5, 0.6) is 0 Å². The topological polar surface area (TPSA) is 25.4 Å². The minimum atomic E-state index is 0.150. The molecule has 0 N–H and O–H groups in total. The molecule has 2 rings (SSSR count). The monoisotopic (exact) mass is 206 g/mol. The molecule has 3 nitrogen and oxygen atoms in total. The van der Waals surface area contributed by atoms with Crippen LogP contribution in [0, 0.1) is 0 Å². The van der Waals surface area contributed by atoms with Crippen molar-refractivity contribution in [1.82, 2.24) is 9.88 Å². The van der Waals surface area contributed by atoms with Gasteiger partial charge in [-0.25, -0.2) is 0 Å². The van der Waals surface area contributed by atoms with Crippen LogP contribution < -0.4 is 0 Å². The first-order valence-electron chi connectivity index (χ1n) is 5.33. The van der Waals surface area contributed by atoms with E-state index in [4.69, 9.17) is 4.74 Å². The Morgan fingerprint density at radius 2 is 2.13 bits per heavy atom. The first-order valence-corrected chi connectivity index (χ1v) is 5.33. The maximum Gasteiger partial charge on any atom is 0.115 e. The average molecular weight is 206 g/mol. The molecule has 1 unspecified atom stereocenters. The summed E-state index contributed by atoms with van der Waals surface area (Å²) < 4.78 is 5.79. The summed E-state index contributed by atoms with van der Waals surface area (Å²) in [7, 11) is 2.12. The molecule has 82 valence electrons. The Kier molecular flexibility index (Phi) is 2.76. The van der Waals surface area contributed by atoms with Gasteiger partial charge in [-0.1, -0.05) is 0 Å². The Hall–Kier alpha value is -0.930. The Balaban J connectivity index is 2.03. The first kappa shape index (κ1) is 10.6. The molecule has 2 heterocycles. The van der Waals surface area contributed by atoms with Gasteiger partial charge < -0.3 is 4.74 Å². The molecule has 1 aliphatic heterocycles. The second kappa shape index (κ2) is 3.91. The number of nitrogens with zero attached hydrogens (tertiary/aromatic N) is 2. The van der Waals surface area contributed by atoms with E-state index in [1.807, 2.05) is 24.5 Å². The number of hydrogen-bond donors (Lipinski definition) is 0. The van der Waals surface area contributed by atoms with Crippen molar-refractivity contribution in [2.45, 2.75) is 32.0 Å². The predicted molar refractivity (Wildman–Crippen MR) is 59.5 cm³/mol. The van der Waals surface area contributed by atoms with Gasteiger partial charge in [0.05, 0.1) is 6.61 Å². The van der Waals surface area contributed by atoms with E-state index in [0.717, 1.165) is 13.0 Å². The summed E-state index contributed by atoms with van der Waals surface area (Å²) in [6.45, 7) is 5.22. The molecule has 0 aliphatic carbocycles. The number of hydrogen-bond acceptors (Lipinski definition) is 3. The summed E-state index contributed by atoms with van der Waals surface area (Å²) in [5.74, 6) is 0. The number of pyridine rings is 1. The van der Waals surface area contributed by atoms with Gasteiger partial charge in [-0.05, 0) is 38.6 Å². The van der Waals surface area contributed by atoms with Gasteiger partial charge in [0.1, 0.15) is 6.23 Å². The van der Waals surface area contributed by atoms with Crippen molar-refractivity contribution in [1.29, 1.82) is 0 Å². The molecule has 0 radical (unpaired) electrons. The van der Waals surface area contributed by atoms with E-state index in [-0.39, 0.29) is 11.8 Å². The van der Waals surface area contributed by atoms with Crippen molar-refractivity contribution in [2.75, 3.05) is 13.7 Å². The molecule has 1 fully saturated rings. The fourth-order valence-electron chi connectivity index (χ4n) is 1.82. The van der Waals surface area contributed by atoms with Crippen LogP contribution in [0.1, 0.15) is 19.4 Å². The zero-order valence-corrected chi connectivity index (χ0v) is 9.60. The van der Waals surface area contributed by atoms with Crippen molar-refractivity contribution in [3.05, 3.63) is 30.1 Å². The first-order chi connectivity index (χ1) is 7.09. The van der Waals surface area contributed by atoms with Gasteiger partial charge in [-0.2, -0.15) is 0 Å². The number of ether oxygens (including phenoxy) is 1. The third-order valence-corrected chi connectivity index (χ3v) is 3.18. The molecule has 1 saturated heterocycles. The van der Waals surface area contributed by atoms with Crippen molar-refractivity contribution in [3.8, 4) is 0 Å². The largest absolute Gasteiger partial charge is 0.361 e. The van der Waals surface area contributed by atoms with Crippen LogP contribution in [0.2, 0.25) is 0 Å². The van der Waals surface area contributed by atoms with E-state index in [1.165, 1.54) is 5.56 Å². The van der Waals surface area contributed by atoms with Crippen LogP contribution in [0.25, 0.3) is 0 Å². The maximum absolute atomic E-state index is 5.79. The van der Waals surface area contributed by atoms with Crippen molar-refractivity contribution < 1.29 is 4.74 Å². The van der Waals surface area contributed by atoms with E-state index in [9.17, 15) is 0 Å². The fourth-order valence-corrected chi connectivity index (χ4v) is 1.82. The van der Waals surface area contributed by atoms with E-state index in [0.29, 0.717) is 0 Å². The van der Waals surface area contributed by atoms with Gasteiger partial charge in [-0.3, -0.25) is 9.88 Å². The smallest absolute Gasteiger partial charge is 0.115 e. The Labute approximate surface area is 91.1 Å². The molecule has 3 heteroatoms. The lowest BCUT2D eigenvalue weighted by Crippen LogP contribution is -2.41. The lowest BCUT2D eigenvalue weighted by Gasteiger charge is -2.28. The molecule has 0 saturated carbocycles. The van der Waals surface area contributed by atoms with Crippen LogP contribution in [0.3, 0.4) is 0 Å². The highest BCUT2D eigenvalue weighted by Crippen LogP contribution is 2.26. The molecule has 0 aromatic carbocycles. The normalized spacial score (nSPS) is 25.7. The Morgan fingerprint density at radius 3 is 2.67 bits per heavy atom. The predicted octanol–water partition coefficient (Wildman–Crippen LogP) is 1.69. The summed E-state index contributed by atoms with van der Waals surface area (Å²) in [6.07, 6.45) is 4.79. The second-order valence-corrected chi connectivity index (χ2v) is 4.75. The molecule has 0 amide bonds. The van der Waals surface area contributed by atoms with E-state index < -0.39 is 0 Å². The summed E-state index contributed by atoms with van der Waals surface area (Å²) in [5.41, 5.74) is 1.43. The van der Waals surface area contributed by atoms with Crippen LogP contribution in [0.4, 0.5) is 0 Å². The van der Waals surface area contributed by atoms with Crippen molar-refractivity contribution in [3.63, 3.8) is 0 Å². The van der Waals surface area contributed by atoms with Gasteiger partial charge in [0.2, 0.25) is 0 Å². The van der Waals surface area contributed by atoms with Gasteiger partial charge in [0.25, 0.3) is 0 Å². The van der Waals surface area contributed by atoms with E-state index in [1.54, 1.807) is 0 Å². The zero-order valence-electron chi connectivity index (χ0n) is 9.60. The highest BCUT2D eigenvalue weighted by atomic mass is 16.5. The van der Waals surface area contributed by atoms with Gasteiger partial charge in [0, 0.05) is 24.4 Å². The summed E-state index contributed by atoms with van der Waals surface area (Å²) >= 11 is 0. The highest BCUT2D eigenvalue weighted by Gasteiger charge is 2.37. The third-order valence-electron chi connectivity index (χ3n) is 3.18. The van der Waals surface area contributed by atoms with Crippen LogP contribution in [-0.4, -0.2) is 35.3 Å².